The second-order valence-corrected chi connectivity index (χ2v) is 4.30. The van der Waals surface area contributed by atoms with Crippen LogP contribution in [0.25, 0.3) is 0 Å². The summed E-state index contributed by atoms with van der Waals surface area (Å²) in [7, 11) is 0. The summed E-state index contributed by atoms with van der Waals surface area (Å²) in [6.07, 6.45) is 0. The molecule has 0 aliphatic heterocycles. The molecule has 0 saturated heterocycles. The molecule has 94 valence electrons. The lowest BCUT2D eigenvalue weighted by Crippen LogP contribution is -2.36. The summed E-state index contributed by atoms with van der Waals surface area (Å²) in [5.41, 5.74) is 0.747. The van der Waals surface area contributed by atoms with Gasteiger partial charge in [-0.05, 0) is 5.92 Å². The highest BCUT2D eigenvalue weighted by atomic mass is 16.6. The Morgan fingerprint density at radius 3 is 2.59 bits per heavy atom. The highest BCUT2D eigenvalue weighted by Gasteiger charge is 2.15. The minimum Gasteiger partial charge on any atom is -0.395 e. The highest BCUT2D eigenvalue weighted by Crippen LogP contribution is 2.17. The maximum absolute atomic E-state index is 10.8. The lowest BCUT2D eigenvalue weighted by Gasteiger charge is -2.19. The summed E-state index contributed by atoms with van der Waals surface area (Å²) in [5.74, 6) is 0.280. The predicted molar refractivity (Wildman–Crippen MR) is 65.6 cm³/mol. The summed E-state index contributed by atoms with van der Waals surface area (Å²) in [6, 6.07) is 6.58. The number of benzene rings is 1. The van der Waals surface area contributed by atoms with Gasteiger partial charge in [0.2, 0.25) is 0 Å². The van der Waals surface area contributed by atoms with Gasteiger partial charge in [0.25, 0.3) is 5.69 Å². The van der Waals surface area contributed by atoms with Crippen molar-refractivity contribution in [2.75, 3.05) is 6.61 Å². The number of nitro groups is 1. The minimum atomic E-state index is -0.389. The zero-order valence-electron chi connectivity index (χ0n) is 10.1. The van der Waals surface area contributed by atoms with Gasteiger partial charge >= 0.3 is 0 Å². The Morgan fingerprint density at radius 1 is 1.41 bits per heavy atom. The molecule has 1 aromatic rings. The van der Waals surface area contributed by atoms with E-state index in [4.69, 9.17) is 5.11 Å². The fourth-order valence-corrected chi connectivity index (χ4v) is 1.59. The first kappa shape index (κ1) is 13.6. The van der Waals surface area contributed by atoms with Crippen LogP contribution in [0.5, 0.6) is 0 Å². The van der Waals surface area contributed by atoms with E-state index in [1.54, 1.807) is 18.2 Å². The SMILES string of the molecule is CC(C)C(CO)NCc1ccccc1[N+](=O)[O-]. The van der Waals surface area contributed by atoms with Crippen molar-refractivity contribution in [3.8, 4) is 0 Å². The van der Waals surface area contributed by atoms with Crippen LogP contribution in [-0.4, -0.2) is 22.7 Å². The molecule has 1 aromatic carbocycles. The molecular weight excluding hydrogens is 220 g/mol. The number of rotatable bonds is 6. The van der Waals surface area contributed by atoms with E-state index in [1.807, 2.05) is 13.8 Å². The van der Waals surface area contributed by atoms with Gasteiger partial charge in [-0.25, -0.2) is 0 Å². The number of para-hydroxylation sites is 1. The van der Waals surface area contributed by atoms with Crippen molar-refractivity contribution < 1.29 is 10.0 Å². The molecule has 5 nitrogen and oxygen atoms in total. The average Bonchev–Trinajstić information content (AvgIpc) is 2.29. The lowest BCUT2D eigenvalue weighted by molar-refractivity contribution is -0.385. The lowest BCUT2D eigenvalue weighted by atomic mass is 10.0. The number of nitro benzene ring substituents is 1. The Hall–Kier alpha value is -1.46. The van der Waals surface area contributed by atoms with Crippen LogP contribution in [0.2, 0.25) is 0 Å². The molecule has 0 spiro atoms. The molecule has 1 unspecified atom stereocenters. The first-order valence-electron chi connectivity index (χ1n) is 5.62. The second-order valence-electron chi connectivity index (χ2n) is 4.30. The number of nitrogens with one attached hydrogen (secondary N) is 1. The van der Waals surface area contributed by atoms with Crippen molar-refractivity contribution >= 4 is 5.69 Å². The zero-order chi connectivity index (χ0) is 12.8. The summed E-state index contributed by atoms with van der Waals surface area (Å²) in [4.78, 5) is 10.4. The van der Waals surface area contributed by atoms with E-state index in [0.29, 0.717) is 12.1 Å². The van der Waals surface area contributed by atoms with Crippen molar-refractivity contribution in [2.24, 2.45) is 5.92 Å². The zero-order valence-corrected chi connectivity index (χ0v) is 10.1. The summed E-state index contributed by atoms with van der Waals surface area (Å²) in [6.45, 7) is 4.40. The van der Waals surface area contributed by atoms with Crippen LogP contribution in [0.1, 0.15) is 19.4 Å². The Morgan fingerprint density at radius 2 is 2.06 bits per heavy atom. The molecule has 1 atom stereocenters. The van der Waals surface area contributed by atoms with Crippen LogP contribution < -0.4 is 5.32 Å². The first-order valence-corrected chi connectivity index (χ1v) is 5.62. The number of hydrogen-bond acceptors (Lipinski definition) is 4. The molecule has 0 amide bonds. The number of aliphatic hydroxyl groups excluding tert-OH is 1. The molecule has 2 N–H and O–H groups in total. The topological polar surface area (TPSA) is 75.4 Å². The Kier molecular flexibility index (Phi) is 5.06. The first-order chi connectivity index (χ1) is 8.06. The summed E-state index contributed by atoms with van der Waals surface area (Å²) >= 11 is 0. The maximum atomic E-state index is 10.8. The molecule has 0 aliphatic carbocycles. The molecule has 0 aliphatic rings. The summed E-state index contributed by atoms with van der Waals surface area (Å²) in [5, 5.41) is 23.1. The fraction of sp³-hybridized carbons (Fsp3) is 0.500. The summed E-state index contributed by atoms with van der Waals surface area (Å²) < 4.78 is 0. The molecule has 5 heteroatoms. The maximum Gasteiger partial charge on any atom is 0.273 e. The van der Waals surface area contributed by atoms with Gasteiger partial charge in [0.05, 0.1) is 11.5 Å². The molecule has 0 fully saturated rings. The number of aliphatic hydroxyl groups is 1. The van der Waals surface area contributed by atoms with Crippen LogP contribution in [0.3, 0.4) is 0 Å². The van der Waals surface area contributed by atoms with E-state index < -0.39 is 0 Å². The van der Waals surface area contributed by atoms with Crippen LogP contribution in [0.15, 0.2) is 24.3 Å². The van der Waals surface area contributed by atoms with Gasteiger partial charge in [-0.2, -0.15) is 0 Å². The molecule has 0 radical (unpaired) electrons. The van der Waals surface area contributed by atoms with Gasteiger partial charge in [-0.1, -0.05) is 32.0 Å². The molecule has 1 rings (SSSR count). The van der Waals surface area contributed by atoms with Crippen molar-refractivity contribution in [3.05, 3.63) is 39.9 Å². The van der Waals surface area contributed by atoms with Gasteiger partial charge in [-0.15, -0.1) is 0 Å². The third-order valence-electron chi connectivity index (χ3n) is 2.74. The minimum absolute atomic E-state index is 0.0261. The van der Waals surface area contributed by atoms with Crippen molar-refractivity contribution in [1.82, 2.24) is 5.32 Å². The third kappa shape index (κ3) is 3.80. The highest BCUT2D eigenvalue weighted by molar-refractivity contribution is 5.39. The van der Waals surface area contributed by atoms with Gasteiger partial charge in [0, 0.05) is 24.2 Å². The molecule has 0 heterocycles. The van der Waals surface area contributed by atoms with Crippen LogP contribution in [-0.2, 0) is 6.54 Å². The predicted octanol–water partition coefficient (Wildman–Crippen LogP) is 1.70. The largest absolute Gasteiger partial charge is 0.395 e. The molecule has 0 saturated carbocycles. The Bertz CT molecular complexity index is 380. The van der Waals surface area contributed by atoms with E-state index in [1.165, 1.54) is 6.07 Å². The monoisotopic (exact) mass is 238 g/mol. The number of hydrogen-bond donors (Lipinski definition) is 2. The van der Waals surface area contributed by atoms with Crippen LogP contribution in [0, 0.1) is 16.0 Å². The van der Waals surface area contributed by atoms with Crippen molar-refractivity contribution in [3.63, 3.8) is 0 Å². The second kappa shape index (κ2) is 6.32. The van der Waals surface area contributed by atoms with E-state index in [2.05, 4.69) is 5.32 Å². The standard InChI is InChI=1S/C12H18N2O3/c1-9(2)11(8-15)13-7-10-5-3-4-6-12(10)14(16)17/h3-6,9,11,13,15H,7-8H2,1-2H3. The van der Waals surface area contributed by atoms with Crippen molar-refractivity contribution in [2.45, 2.75) is 26.4 Å². The fourth-order valence-electron chi connectivity index (χ4n) is 1.59. The molecule has 17 heavy (non-hydrogen) atoms. The van der Waals surface area contributed by atoms with Gasteiger partial charge < -0.3 is 10.4 Å². The van der Waals surface area contributed by atoms with Crippen LogP contribution >= 0.6 is 0 Å². The molecule has 0 aromatic heterocycles. The Labute approximate surface area is 101 Å². The van der Waals surface area contributed by atoms with Crippen LogP contribution in [0.4, 0.5) is 5.69 Å². The van der Waals surface area contributed by atoms with Crippen molar-refractivity contribution in [1.29, 1.82) is 0 Å². The average molecular weight is 238 g/mol. The van der Waals surface area contributed by atoms with Gasteiger partial charge in [-0.3, -0.25) is 10.1 Å². The van der Waals surface area contributed by atoms with Gasteiger partial charge in [0.15, 0.2) is 0 Å². The van der Waals surface area contributed by atoms with E-state index in [-0.39, 0.29) is 29.2 Å². The van der Waals surface area contributed by atoms with E-state index in [0.717, 1.165) is 0 Å². The smallest absolute Gasteiger partial charge is 0.273 e. The number of nitrogens with zero attached hydrogens (tertiary/aromatic N) is 1. The normalized spacial score (nSPS) is 12.7. The quantitative estimate of drug-likeness (QED) is 0.584. The van der Waals surface area contributed by atoms with Gasteiger partial charge in [0.1, 0.15) is 0 Å². The molecule has 0 bridgehead atoms. The Balaban J connectivity index is 2.72. The van der Waals surface area contributed by atoms with E-state index in [9.17, 15) is 10.1 Å². The molecular formula is C12H18N2O3. The van der Waals surface area contributed by atoms with E-state index >= 15 is 0 Å². The third-order valence-corrected chi connectivity index (χ3v) is 2.74.